The van der Waals surface area contributed by atoms with E-state index in [4.69, 9.17) is 14.2 Å². The predicted octanol–water partition coefficient (Wildman–Crippen LogP) is 3.91. The molecule has 2 unspecified atom stereocenters. The molecule has 0 aliphatic carbocycles. The van der Waals surface area contributed by atoms with Crippen LogP contribution in [-0.2, 0) is 25.6 Å². The molecule has 1 aromatic carbocycles. The van der Waals surface area contributed by atoms with E-state index in [-0.39, 0.29) is 6.10 Å². The summed E-state index contributed by atoms with van der Waals surface area (Å²) in [6.07, 6.45) is 0.892. The molecule has 0 amide bonds. The van der Waals surface area contributed by atoms with Crippen molar-refractivity contribution in [3.05, 3.63) is 35.1 Å². The Labute approximate surface area is 144 Å². The molecule has 1 saturated heterocycles. The fourth-order valence-corrected chi connectivity index (χ4v) is 2.79. The second kappa shape index (κ2) is 7.73. The van der Waals surface area contributed by atoms with Gasteiger partial charge in [-0.05, 0) is 50.5 Å². The number of esters is 1. The summed E-state index contributed by atoms with van der Waals surface area (Å²) in [5.74, 6) is -0.852. The standard InChI is InChI=1S/C17H22BrFO4/c1-17(2,3)23-16(20)15(18)14-8-12(19)5-4-11(14)9-22-13-6-7-21-10-13/h4-5,8,13,15H,6-7,9-10H2,1-3H3. The van der Waals surface area contributed by atoms with Gasteiger partial charge in [-0.25, -0.2) is 4.39 Å². The average molecular weight is 389 g/mol. The molecule has 0 bridgehead atoms. The molecule has 0 saturated carbocycles. The van der Waals surface area contributed by atoms with Gasteiger partial charge < -0.3 is 14.2 Å². The average Bonchev–Trinajstić information content (AvgIpc) is 2.96. The van der Waals surface area contributed by atoms with Crippen molar-refractivity contribution >= 4 is 21.9 Å². The Morgan fingerprint density at radius 3 is 2.83 bits per heavy atom. The van der Waals surface area contributed by atoms with Crippen LogP contribution in [0.2, 0.25) is 0 Å². The zero-order chi connectivity index (χ0) is 17.0. The first-order valence-electron chi connectivity index (χ1n) is 7.61. The van der Waals surface area contributed by atoms with Crippen LogP contribution in [0.1, 0.15) is 43.1 Å². The second-order valence-corrected chi connectivity index (χ2v) is 7.45. The van der Waals surface area contributed by atoms with E-state index in [0.717, 1.165) is 12.0 Å². The van der Waals surface area contributed by atoms with Crippen LogP contribution in [0.15, 0.2) is 18.2 Å². The quantitative estimate of drug-likeness (QED) is 0.566. The van der Waals surface area contributed by atoms with Gasteiger partial charge in [-0.2, -0.15) is 0 Å². The number of hydrogen-bond acceptors (Lipinski definition) is 4. The number of alkyl halides is 1. The van der Waals surface area contributed by atoms with E-state index in [1.165, 1.54) is 12.1 Å². The third kappa shape index (κ3) is 5.55. The van der Waals surface area contributed by atoms with E-state index in [1.54, 1.807) is 26.8 Å². The van der Waals surface area contributed by atoms with E-state index in [9.17, 15) is 9.18 Å². The molecule has 6 heteroatoms. The zero-order valence-electron chi connectivity index (χ0n) is 13.6. The van der Waals surface area contributed by atoms with Crippen molar-refractivity contribution < 1.29 is 23.4 Å². The molecular weight excluding hydrogens is 367 g/mol. The molecule has 1 heterocycles. The third-order valence-corrected chi connectivity index (χ3v) is 4.22. The molecule has 1 aromatic rings. The fourth-order valence-electron chi connectivity index (χ4n) is 2.27. The summed E-state index contributed by atoms with van der Waals surface area (Å²) < 4.78 is 30.0. The van der Waals surface area contributed by atoms with Crippen LogP contribution >= 0.6 is 15.9 Å². The zero-order valence-corrected chi connectivity index (χ0v) is 15.2. The molecular formula is C17H22BrFO4. The molecule has 0 radical (unpaired) electrons. The maximum atomic E-state index is 13.6. The Bertz CT molecular complexity index is 550. The van der Waals surface area contributed by atoms with Crippen LogP contribution in [0.25, 0.3) is 0 Å². The Hall–Kier alpha value is -0.980. The van der Waals surface area contributed by atoms with E-state index in [0.29, 0.717) is 25.4 Å². The normalized spacial score (nSPS) is 19.6. The molecule has 0 spiro atoms. The predicted molar refractivity (Wildman–Crippen MR) is 87.9 cm³/mol. The van der Waals surface area contributed by atoms with Gasteiger partial charge in [-0.1, -0.05) is 22.0 Å². The number of ether oxygens (including phenoxy) is 3. The van der Waals surface area contributed by atoms with Crippen LogP contribution in [0.5, 0.6) is 0 Å². The Kier molecular flexibility index (Phi) is 6.17. The maximum absolute atomic E-state index is 13.6. The van der Waals surface area contributed by atoms with Crippen LogP contribution in [0.3, 0.4) is 0 Å². The second-order valence-electron chi connectivity index (χ2n) is 6.54. The molecule has 23 heavy (non-hydrogen) atoms. The Balaban J connectivity index is 2.12. The van der Waals surface area contributed by atoms with Crippen molar-refractivity contribution in [3.8, 4) is 0 Å². The molecule has 0 N–H and O–H groups in total. The topological polar surface area (TPSA) is 44.8 Å². The molecule has 0 aromatic heterocycles. The molecule has 1 aliphatic rings. The van der Waals surface area contributed by atoms with Crippen molar-refractivity contribution in [2.45, 2.75) is 50.3 Å². The Morgan fingerprint density at radius 2 is 2.22 bits per heavy atom. The van der Waals surface area contributed by atoms with Gasteiger partial charge in [-0.3, -0.25) is 4.79 Å². The summed E-state index contributed by atoms with van der Waals surface area (Å²) in [4.78, 5) is 11.5. The lowest BCUT2D eigenvalue weighted by molar-refractivity contribution is -0.154. The lowest BCUT2D eigenvalue weighted by Crippen LogP contribution is -2.26. The minimum absolute atomic E-state index is 0.0446. The van der Waals surface area contributed by atoms with Crippen LogP contribution in [0, 0.1) is 5.82 Å². The maximum Gasteiger partial charge on any atom is 0.324 e. The van der Waals surface area contributed by atoms with Gasteiger partial charge >= 0.3 is 5.97 Å². The lowest BCUT2D eigenvalue weighted by atomic mass is 10.0. The van der Waals surface area contributed by atoms with Crippen LogP contribution in [-0.4, -0.2) is 30.9 Å². The highest BCUT2D eigenvalue weighted by atomic mass is 79.9. The molecule has 2 atom stereocenters. The minimum atomic E-state index is -0.740. The highest BCUT2D eigenvalue weighted by Gasteiger charge is 2.27. The molecule has 2 rings (SSSR count). The fraction of sp³-hybridized carbons (Fsp3) is 0.588. The van der Waals surface area contributed by atoms with Gasteiger partial charge in [0.05, 0.1) is 19.3 Å². The van der Waals surface area contributed by atoms with Gasteiger partial charge in [0.1, 0.15) is 16.2 Å². The number of halogens is 2. The van der Waals surface area contributed by atoms with Gasteiger partial charge in [0.2, 0.25) is 0 Å². The van der Waals surface area contributed by atoms with Gasteiger partial charge in [-0.15, -0.1) is 0 Å². The van der Waals surface area contributed by atoms with E-state index in [2.05, 4.69) is 15.9 Å². The van der Waals surface area contributed by atoms with Crippen LogP contribution < -0.4 is 0 Å². The minimum Gasteiger partial charge on any atom is -0.459 e. The van der Waals surface area contributed by atoms with E-state index in [1.807, 2.05) is 0 Å². The molecule has 4 nitrogen and oxygen atoms in total. The number of benzene rings is 1. The summed E-state index contributed by atoms with van der Waals surface area (Å²) in [5.41, 5.74) is 0.679. The van der Waals surface area contributed by atoms with Gasteiger partial charge in [0.25, 0.3) is 0 Å². The molecule has 128 valence electrons. The monoisotopic (exact) mass is 388 g/mol. The number of carbonyl (C=O) groups excluding carboxylic acids is 1. The Morgan fingerprint density at radius 1 is 1.48 bits per heavy atom. The van der Waals surface area contributed by atoms with Gasteiger partial charge in [0, 0.05) is 6.61 Å². The highest BCUT2D eigenvalue weighted by Crippen LogP contribution is 2.30. The number of rotatable bonds is 5. The van der Waals surface area contributed by atoms with Crippen molar-refractivity contribution in [2.24, 2.45) is 0 Å². The summed E-state index contributed by atoms with van der Waals surface area (Å²) in [6.45, 7) is 6.94. The molecule has 1 aliphatic heterocycles. The van der Waals surface area contributed by atoms with E-state index < -0.39 is 22.2 Å². The molecule has 1 fully saturated rings. The summed E-state index contributed by atoms with van der Waals surface area (Å²) in [7, 11) is 0. The summed E-state index contributed by atoms with van der Waals surface area (Å²) in [6, 6.07) is 4.34. The largest absolute Gasteiger partial charge is 0.459 e. The van der Waals surface area contributed by atoms with Gasteiger partial charge in [0.15, 0.2) is 0 Å². The first-order valence-corrected chi connectivity index (χ1v) is 8.52. The summed E-state index contributed by atoms with van der Waals surface area (Å²) in [5, 5.41) is 0. The van der Waals surface area contributed by atoms with E-state index >= 15 is 0 Å². The first kappa shape index (κ1) is 18.4. The van der Waals surface area contributed by atoms with Crippen molar-refractivity contribution in [3.63, 3.8) is 0 Å². The number of carbonyl (C=O) groups is 1. The first-order chi connectivity index (χ1) is 10.8. The van der Waals surface area contributed by atoms with Crippen molar-refractivity contribution in [1.82, 2.24) is 0 Å². The van der Waals surface area contributed by atoms with Crippen molar-refractivity contribution in [1.29, 1.82) is 0 Å². The summed E-state index contributed by atoms with van der Waals surface area (Å²) >= 11 is 3.32. The number of hydrogen-bond donors (Lipinski definition) is 0. The smallest absolute Gasteiger partial charge is 0.324 e. The third-order valence-electron chi connectivity index (χ3n) is 3.36. The highest BCUT2D eigenvalue weighted by molar-refractivity contribution is 9.09. The van der Waals surface area contributed by atoms with Crippen LogP contribution in [0.4, 0.5) is 4.39 Å². The SMILES string of the molecule is CC(C)(C)OC(=O)C(Br)c1cc(F)ccc1COC1CCOC1. The van der Waals surface area contributed by atoms with Crippen molar-refractivity contribution in [2.75, 3.05) is 13.2 Å². The lowest BCUT2D eigenvalue weighted by Gasteiger charge is -2.23.